The molecule has 3 rings (SSSR count). The summed E-state index contributed by atoms with van der Waals surface area (Å²) in [7, 11) is -0.670. The van der Waals surface area contributed by atoms with Crippen molar-refractivity contribution in [1.82, 2.24) is 14.9 Å². The van der Waals surface area contributed by atoms with Gasteiger partial charge in [-0.25, -0.2) is 18.5 Å². The first kappa shape index (κ1) is 17.9. The minimum absolute atomic E-state index is 0.0813. The van der Waals surface area contributed by atoms with Gasteiger partial charge >= 0.3 is 0 Å². The number of fused-ring (bicyclic) bond motifs is 1. The first-order valence-corrected chi connectivity index (χ1v) is 9.25. The molecule has 0 spiro atoms. The van der Waals surface area contributed by atoms with Crippen molar-refractivity contribution in [2.24, 2.45) is 12.2 Å². The van der Waals surface area contributed by atoms with E-state index < -0.39 is 15.9 Å². The molecule has 8 nitrogen and oxygen atoms in total. The molecule has 0 aliphatic rings. The molecule has 0 aliphatic carbocycles. The maximum Gasteiger partial charge on any atom is 0.255 e. The number of hydrogen-bond donors (Lipinski definition) is 2. The minimum atomic E-state index is -3.93. The zero-order chi connectivity index (χ0) is 18.9. The van der Waals surface area contributed by atoms with Gasteiger partial charge < -0.3 is 14.6 Å². The van der Waals surface area contributed by atoms with Gasteiger partial charge in [0.1, 0.15) is 11.6 Å². The Labute approximate surface area is 150 Å². The Hall–Kier alpha value is -2.91. The molecule has 1 heterocycles. The van der Waals surface area contributed by atoms with Crippen LogP contribution in [0.25, 0.3) is 11.0 Å². The molecule has 0 radical (unpaired) electrons. The molecule has 0 bridgehead atoms. The Morgan fingerprint density at radius 3 is 2.65 bits per heavy atom. The van der Waals surface area contributed by atoms with E-state index in [9.17, 15) is 13.2 Å². The molecule has 0 aliphatic heterocycles. The number of aromatic nitrogens is 2. The summed E-state index contributed by atoms with van der Waals surface area (Å²) >= 11 is 0. The van der Waals surface area contributed by atoms with Crippen LogP contribution in [0.3, 0.4) is 0 Å². The minimum Gasteiger partial charge on any atom is -0.496 e. The lowest BCUT2D eigenvalue weighted by Crippen LogP contribution is -2.25. The number of hydrogen-bond acceptors (Lipinski definition) is 5. The fourth-order valence-electron chi connectivity index (χ4n) is 2.65. The van der Waals surface area contributed by atoms with Crippen LogP contribution in [0.1, 0.15) is 16.2 Å². The maximum absolute atomic E-state index is 12.5. The molecule has 136 valence electrons. The van der Waals surface area contributed by atoms with E-state index in [1.807, 2.05) is 35.9 Å². The number of ether oxygens (including phenoxy) is 1. The molecule has 0 fully saturated rings. The smallest absolute Gasteiger partial charge is 0.255 e. The third-order valence-electron chi connectivity index (χ3n) is 4.03. The third kappa shape index (κ3) is 3.39. The number of nitrogens with two attached hydrogens (primary N) is 1. The van der Waals surface area contributed by atoms with Crippen molar-refractivity contribution in [2.45, 2.75) is 11.4 Å². The molecule has 9 heteroatoms. The molecule has 26 heavy (non-hydrogen) atoms. The Bertz CT molecular complexity index is 1090. The van der Waals surface area contributed by atoms with E-state index in [0.717, 1.165) is 11.0 Å². The first-order valence-electron chi connectivity index (χ1n) is 7.70. The molecule has 0 atom stereocenters. The van der Waals surface area contributed by atoms with Crippen LogP contribution in [0.4, 0.5) is 0 Å². The number of sulfonamides is 1. The van der Waals surface area contributed by atoms with Gasteiger partial charge in [-0.3, -0.25) is 4.79 Å². The van der Waals surface area contributed by atoms with E-state index in [1.165, 1.54) is 25.3 Å². The Kier molecular flexibility index (Phi) is 4.66. The summed E-state index contributed by atoms with van der Waals surface area (Å²) in [6.07, 6.45) is 0. The zero-order valence-electron chi connectivity index (χ0n) is 14.3. The van der Waals surface area contributed by atoms with Crippen LogP contribution >= 0.6 is 0 Å². The van der Waals surface area contributed by atoms with Gasteiger partial charge in [0.05, 0.1) is 35.1 Å². The Balaban J connectivity index is 1.86. The van der Waals surface area contributed by atoms with Crippen molar-refractivity contribution in [3.05, 3.63) is 53.9 Å². The highest BCUT2D eigenvalue weighted by atomic mass is 32.2. The van der Waals surface area contributed by atoms with Crippen LogP contribution in [0.5, 0.6) is 5.75 Å². The molecule has 3 N–H and O–H groups in total. The monoisotopic (exact) mass is 374 g/mol. The molecule has 0 saturated carbocycles. The zero-order valence-corrected chi connectivity index (χ0v) is 15.1. The van der Waals surface area contributed by atoms with Gasteiger partial charge in [-0.05, 0) is 30.3 Å². The van der Waals surface area contributed by atoms with Crippen LogP contribution in [-0.2, 0) is 23.6 Å². The molecule has 1 amide bonds. The quantitative estimate of drug-likeness (QED) is 0.695. The summed E-state index contributed by atoms with van der Waals surface area (Å²) in [4.78, 5) is 16.9. The van der Waals surface area contributed by atoms with Crippen molar-refractivity contribution < 1.29 is 17.9 Å². The number of nitrogens with zero attached hydrogens (tertiary/aromatic N) is 2. The Morgan fingerprint density at radius 2 is 2.00 bits per heavy atom. The number of rotatable bonds is 5. The van der Waals surface area contributed by atoms with Crippen LogP contribution in [0.2, 0.25) is 0 Å². The van der Waals surface area contributed by atoms with Crippen molar-refractivity contribution in [2.75, 3.05) is 7.11 Å². The number of methoxy groups -OCH3 is 1. The number of para-hydroxylation sites is 2. The van der Waals surface area contributed by atoms with Crippen molar-refractivity contribution in [1.29, 1.82) is 0 Å². The molecule has 0 unspecified atom stereocenters. The highest BCUT2D eigenvalue weighted by Crippen LogP contribution is 2.22. The summed E-state index contributed by atoms with van der Waals surface area (Å²) in [6, 6.07) is 11.5. The number of primary sulfonamides is 1. The van der Waals surface area contributed by atoms with Gasteiger partial charge in [0.15, 0.2) is 0 Å². The van der Waals surface area contributed by atoms with Gasteiger partial charge in [-0.2, -0.15) is 0 Å². The standard InChI is InChI=1S/C17H18N4O4S/c1-21-14-6-4-3-5-13(14)20-16(21)10-19-17(22)12-9-11(26(18,23)24)7-8-15(12)25-2/h3-9H,10H2,1-2H3,(H,19,22)(H2,18,23,24). The van der Waals surface area contributed by atoms with E-state index >= 15 is 0 Å². The number of amides is 1. The average molecular weight is 374 g/mol. The summed E-state index contributed by atoms with van der Waals surface area (Å²) < 4.78 is 30.1. The van der Waals surface area contributed by atoms with Gasteiger partial charge in [0, 0.05) is 7.05 Å². The fraction of sp³-hybridized carbons (Fsp3) is 0.176. The first-order chi connectivity index (χ1) is 12.3. The highest BCUT2D eigenvalue weighted by molar-refractivity contribution is 7.89. The van der Waals surface area contributed by atoms with Crippen molar-refractivity contribution >= 4 is 27.0 Å². The number of benzene rings is 2. The normalized spacial score (nSPS) is 11.5. The van der Waals surface area contributed by atoms with E-state index in [0.29, 0.717) is 5.82 Å². The summed E-state index contributed by atoms with van der Waals surface area (Å²) in [5, 5.41) is 7.86. The fourth-order valence-corrected chi connectivity index (χ4v) is 3.19. The molecule has 1 aromatic heterocycles. The van der Waals surface area contributed by atoms with E-state index in [1.54, 1.807) is 0 Å². The predicted molar refractivity (Wildman–Crippen MR) is 96.3 cm³/mol. The predicted octanol–water partition coefficient (Wildman–Crippen LogP) is 1.16. The molecular formula is C17H18N4O4S. The number of nitrogens with one attached hydrogen (secondary N) is 1. The van der Waals surface area contributed by atoms with Gasteiger partial charge in [0.2, 0.25) is 10.0 Å². The second-order valence-corrected chi connectivity index (χ2v) is 7.23. The van der Waals surface area contributed by atoms with Gasteiger partial charge in [-0.1, -0.05) is 12.1 Å². The number of aryl methyl sites for hydroxylation is 1. The molecular weight excluding hydrogens is 356 g/mol. The van der Waals surface area contributed by atoms with Gasteiger partial charge in [0.25, 0.3) is 5.91 Å². The van der Waals surface area contributed by atoms with E-state index in [2.05, 4.69) is 10.3 Å². The average Bonchev–Trinajstić information content (AvgIpc) is 2.94. The highest BCUT2D eigenvalue weighted by Gasteiger charge is 2.18. The SMILES string of the molecule is COc1ccc(S(N)(=O)=O)cc1C(=O)NCc1nc2ccccc2n1C. The van der Waals surface area contributed by atoms with Crippen molar-refractivity contribution in [3.63, 3.8) is 0 Å². The lowest BCUT2D eigenvalue weighted by Gasteiger charge is -2.11. The molecule has 0 saturated heterocycles. The van der Waals surface area contributed by atoms with Crippen LogP contribution in [0, 0.1) is 0 Å². The summed E-state index contributed by atoms with van der Waals surface area (Å²) in [5.74, 6) is 0.431. The number of carbonyl (C=O) groups is 1. The second-order valence-electron chi connectivity index (χ2n) is 5.67. The summed E-state index contributed by atoms with van der Waals surface area (Å²) in [5.41, 5.74) is 1.86. The lowest BCUT2D eigenvalue weighted by molar-refractivity contribution is 0.0946. The molecule has 2 aromatic carbocycles. The third-order valence-corrected chi connectivity index (χ3v) is 4.94. The van der Waals surface area contributed by atoms with Crippen LogP contribution in [0.15, 0.2) is 47.4 Å². The number of imidazole rings is 1. The van der Waals surface area contributed by atoms with E-state index in [-0.39, 0.29) is 22.8 Å². The molecule has 3 aromatic rings. The lowest BCUT2D eigenvalue weighted by atomic mass is 10.2. The number of carbonyl (C=O) groups excluding carboxylic acids is 1. The van der Waals surface area contributed by atoms with Crippen molar-refractivity contribution in [3.8, 4) is 5.75 Å². The van der Waals surface area contributed by atoms with Gasteiger partial charge in [-0.15, -0.1) is 0 Å². The van der Waals surface area contributed by atoms with Crippen LogP contribution < -0.4 is 15.2 Å². The topological polar surface area (TPSA) is 116 Å². The largest absolute Gasteiger partial charge is 0.496 e. The summed E-state index contributed by atoms with van der Waals surface area (Å²) in [6.45, 7) is 0.173. The van der Waals surface area contributed by atoms with Crippen LogP contribution in [-0.4, -0.2) is 31.0 Å². The van der Waals surface area contributed by atoms with E-state index in [4.69, 9.17) is 9.88 Å². The second kappa shape index (κ2) is 6.77. The maximum atomic E-state index is 12.5. The Morgan fingerprint density at radius 1 is 1.27 bits per heavy atom.